The molecule has 0 aromatic rings. The van der Waals surface area contributed by atoms with Gasteiger partial charge in [0.1, 0.15) is 0 Å². The summed E-state index contributed by atoms with van der Waals surface area (Å²) < 4.78 is 0. The van der Waals surface area contributed by atoms with Crippen molar-refractivity contribution in [1.82, 2.24) is 10.6 Å². The van der Waals surface area contributed by atoms with Crippen LogP contribution >= 0.6 is 0 Å². The molecule has 2 aliphatic heterocycles. The summed E-state index contributed by atoms with van der Waals surface area (Å²) in [6.45, 7) is 1.78. The number of carbonyl (C=O) groups is 3. The molecular weight excluding hydrogens is 262 g/mol. The molecule has 2 fully saturated rings. The standard InChI is InChI=1S/2C4H7NO.CH2O3.2Na/c2*6-4-2-1-3-5-4;2-1(3)4;;/h2*1-3H2,(H,5,6);(H2,2,3,4);;/q;;;2*+1/p-2. The minimum atomic E-state index is -2.33. The Bertz CT molecular complexity index is 223. The van der Waals surface area contributed by atoms with Crippen LogP contribution in [-0.2, 0) is 9.59 Å². The summed E-state index contributed by atoms with van der Waals surface area (Å²) in [5.74, 6) is 0.407. The van der Waals surface area contributed by atoms with Crippen LogP contribution in [-0.4, -0.2) is 31.1 Å². The third-order valence-corrected chi connectivity index (χ3v) is 1.81. The fourth-order valence-corrected chi connectivity index (χ4v) is 1.13. The Balaban J connectivity index is -0.000000182. The Kier molecular flexibility index (Phi) is 19.8. The maximum absolute atomic E-state index is 10.1. The molecule has 0 saturated carbocycles. The molecule has 0 unspecified atom stereocenters. The van der Waals surface area contributed by atoms with Gasteiger partial charge in [0.25, 0.3) is 0 Å². The molecule has 0 aromatic heterocycles. The van der Waals surface area contributed by atoms with E-state index >= 15 is 0 Å². The van der Waals surface area contributed by atoms with Crippen molar-refractivity contribution in [2.75, 3.05) is 13.1 Å². The summed E-state index contributed by atoms with van der Waals surface area (Å²) in [5, 5.41) is 22.0. The molecule has 7 nitrogen and oxygen atoms in total. The summed E-state index contributed by atoms with van der Waals surface area (Å²) in [6.07, 6.45) is 1.19. The number of hydrogen-bond donors (Lipinski definition) is 2. The predicted molar refractivity (Wildman–Crippen MR) is 49.9 cm³/mol. The van der Waals surface area contributed by atoms with E-state index in [1.807, 2.05) is 0 Å². The zero-order valence-corrected chi connectivity index (χ0v) is 14.8. The molecule has 2 N–H and O–H groups in total. The summed E-state index contributed by atoms with van der Waals surface area (Å²) in [6, 6.07) is 0. The first-order valence-corrected chi connectivity index (χ1v) is 4.93. The topological polar surface area (TPSA) is 121 Å². The predicted octanol–water partition coefficient (Wildman–Crippen LogP) is -8.65. The monoisotopic (exact) mass is 276 g/mol. The second-order valence-corrected chi connectivity index (χ2v) is 3.16. The van der Waals surface area contributed by atoms with Gasteiger partial charge in [-0.2, -0.15) is 0 Å². The van der Waals surface area contributed by atoms with Crippen molar-refractivity contribution in [2.24, 2.45) is 0 Å². The third kappa shape index (κ3) is 18.6. The third-order valence-electron chi connectivity index (χ3n) is 1.81. The Morgan fingerprint density at radius 2 is 1.17 bits per heavy atom. The van der Waals surface area contributed by atoms with Gasteiger partial charge in [-0.25, -0.2) is 0 Å². The van der Waals surface area contributed by atoms with Crippen molar-refractivity contribution in [3.8, 4) is 0 Å². The van der Waals surface area contributed by atoms with E-state index in [0.29, 0.717) is 0 Å². The molecule has 0 aromatic carbocycles. The van der Waals surface area contributed by atoms with E-state index < -0.39 is 6.16 Å². The van der Waals surface area contributed by atoms with E-state index in [1.165, 1.54) is 0 Å². The molecular formula is C9H14N2Na2O5. The average Bonchev–Trinajstić information content (AvgIpc) is 2.78. The first-order chi connectivity index (χ1) is 7.52. The number of carboxylic acid groups (broad SMARTS) is 2. The Labute approximate surface area is 150 Å². The maximum atomic E-state index is 10.1. The first kappa shape index (κ1) is 23.3. The molecule has 18 heavy (non-hydrogen) atoms. The summed E-state index contributed by atoms with van der Waals surface area (Å²) >= 11 is 0. The zero-order chi connectivity index (χ0) is 12.4. The second kappa shape index (κ2) is 15.3. The van der Waals surface area contributed by atoms with Gasteiger partial charge in [-0.3, -0.25) is 9.59 Å². The molecule has 2 saturated heterocycles. The number of rotatable bonds is 0. The number of hydrogen-bond acceptors (Lipinski definition) is 5. The van der Waals surface area contributed by atoms with Crippen LogP contribution in [0.3, 0.4) is 0 Å². The van der Waals surface area contributed by atoms with Crippen LogP contribution in [0.2, 0.25) is 0 Å². The average molecular weight is 276 g/mol. The fraction of sp³-hybridized carbons (Fsp3) is 0.667. The second-order valence-electron chi connectivity index (χ2n) is 3.16. The fourth-order valence-electron chi connectivity index (χ4n) is 1.13. The molecule has 9 heteroatoms. The van der Waals surface area contributed by atoms with Crippen LogP contribution in [0.5, 0.6) is 0 Å². The molecule has 0 spiro atoms. The van der Waals surface area contributed by atoms with Gasteiger partial charge in [-0.1, -0.05) is 0 Å². The summed E-state index contributed by atoms with van der Waals surface area (Å²) in [4.78, 5) is 28.6. The van der Waals surface area contributed by atoms with Crippen LogP contribution in [0.15, 0.2) is 0 Å². The molecule has 0 radical (unpaired) electrons. The van der Waals surface area contributed by atoms with Crippen LogP contribution < -0.4 is 80.0 Å². The van der Waals surface area contributed by atoms with E-state index in [1.54, 1.807) is 0 Å². The van der Waals surface area contributed by atoms with Gasteiger partial charge in [0.15, 0.2) is 0 Å². The SMILES string of the molecule is O=C([O-])[O-].O=C1CCCN1.O=C1CCCN1.[Na+].[Na+]. The van der Waals surface area contributed by atoms with Gasteiger partial charge in [0.05, 0.1) is 0 Å². The van der Waals surface area contributed by atoms with Crippen LogP contribution in [0.1, 0.15) is 25.7 Å². The molecule has 2 amide bonds. The van der Waals surface area contributed by atoms with Crippen LogP contribution in [0, 0.1) is 0 Å². The van der Waals surface area contributed by atoms with E-state index in [2.05, 4.69) is 10.6 Å². The van der Waals surface area contributed by atoms with E-state index in [-0.39, 0.29) is 70.9 Å². The minimum absolute atomic E-state index is 0. The van der Waals surface area contributed by atoms with Gasteiger partial charge < -0.3 is 25.6 Å². The number of nitrogens with one attached hydrogen (secondary N) is 2. The van der Waals surface area contributed by atoms with Crippen molar-refractivity contribution in [2.45, 2.75) is 25.7 Å². The molecule has 2 aliphatic rings. The Morgan fingerprint density at radius 1 is 0.889 bits per heavy atom. The van der Waals surface area contributed by atoms with Crippen LogP contribution in [0.4, 0.5) is 4.79 Å². The largest absolute Gasteiger partial charge is 1.00 e. The first-order valence-electron chi connectivity index (χ1n) is 4.93. The molecule has 0 aliphatic carbocycles. The molecule has 92 valence electrons. The normalized spacial score (nSPS) is 15.3. The quantitative estimate of drug-likeness (QED) is 0.425. The van der Waals surface area contributed by atoms with Gasteiger partial charge in [0, 0.05) is 25.9 Å². The van der Waals surface area contributed by atoms with Crippen molar-refractivity contribution >= 4 is 18.0 Å². The van der Waals surface area contributed by atoms with Crippen molar-refractivity contribution in [3.63, 3.8) is 0 Å². The Hall–Kier alpha value is 0.210. The summed E-state index contributed by atoms with van der Waals surface area (Å²) in [7, 11) is 0. The van der Waals surface area contributed by atoms with E-state index in [9.17, 15) is 9.59 Å². The van der Waals surface area contributed by atoms with Crippen molar-refractivity contribution in [1.29, 1.82) is 0 Å². The van der Waals surface area contributed by atoms with E-state index in [0.717, 1.165) is 38.8 Å². The van der Waals surface area contributed by atoms with Gasteiger partial charge in [0.2, 0.25) is 11.8 Å². The maximum Gasteiger partial charge on any atom is 1.00 e. The zero-order valence-electron chi connectivity index (χ0n) is 10.8. The summed E-state index contributed by atoms with van der Waals surface area (Å²) in [5.41, 5.74) is 0. The Morgan fingerprint density at radius 3 is 1.22 bits per heavy atom. The van der Waals surface area contributed by atoms with Crippen LogP contribution in [0.25, 0.3) is 0 Å². The van der Waals surface area contributed by atoms with E-state index in [4.69, 9.17) is 15.0 Å². The van der Waals surface area contributed by atoms with Gasteiger partial charge in [-0.05, 0) is 19.0 Å². The van der Waals surface area contributed by atoms with Gasteiger partial charge in [-0.15, -0.1) is 0 Å². The molecule has 2 heterocycles. The van der Waals surface area contributed by atoms with Crippen molar-refractivity contribution < 1.29 is 83.7 Å². The molecule has 0 bridgehead atoms. The molecule has 0 atom stereocenters. The smallest absolute Gasteiger partial charge is 0.652 e. The molecule has 2 rings (SSSR count). The van der Waals surface area contributed by atoms with Gasteiger partial charge >= 0.3 is 59.1 Å². The van der Waals surface area contributed by atoms with Crippen molar-refractivity contribution in [3.05, 3.63) is 0 Å². The number of carbonyl (C=O) groups excluding carboxylic acids is 3. The minimum Gasteiger partial charge on any atom is -0.652 e. The number of amides is 2.